The van der Waals surface area contributed by atoms with Gasteiger partial charge < -0.3 is 15.2 Å². The highest BCUT2D eigenvalue weighted by Crippen LogP contribution is 2.24. The molecule has 72 valence electrons. The molecule has 1 heterocycles. The SMILES string of the molecule is Cc1nc([N+](=O)[O-])c(Br)n1CCO. The Hall–Kier alpha value is -0.950. The van der Waals surface area contributed by atoms with Gasteiger partial charge in [0.1, 0.15) is 0 Å². The molecular weight excluding hydrogens is 242 g/mol. The Morgan fingerprint density at radius 1 is 1.77 bits per heavy atom. The summed E-state index contributed by atoms with van der Waals surface area (Å²) >= 11 is 3.05. The number of halogens is 1. The summed E-state index contributed by atoms with van der Waals surface area (Å²) in [7, 11) is 0. The van der Waals surface area contributed by atoms with Gasteiger partial charge in [-0.2, -0.15) is 0 Å². The Kier molecular flexibility index (Phi) is 2.99. The number of aryl methyl sites for hydroxylation is 1. The van der Waals surface area contributed by atoms with E-state index >= 15 is 0 Å². The number of rotatable bonds is 3. The van der Waals surface area contributed by atoms with Crippen molar-refractivity contribution in [2.75, 3.05) is 6.61 Å². The second-order valence-corrected chi connectivity index (χ2v) is 3.16. The summed E-state index contributed by atoms with van der Waals surface area (Å²) in [6.45, 7) is 1.87. The number of aliphatic hydroxyl groups excluding tert-OH is 1. The van der Waals surface area contributed by atoms with Gasteiger partial charge in [0, 0.05) is 6.92 Å². The average Bonchev–Trinajstić information content (AvgIpc) is 2.32. The minimum absolute atomic E-state index is 0.0764. The molecular formula is C6H8BrN3O3. The van der Waals surface area contributed by atoms with Crippen LogP contribution in [0, 0.1) is 17.0 Å². The van der Waals surface area contributed by atoms with E-state index in [4.69, 9.17) is 5.11 Å². The minimum Gasteiger partial charge on any atom is -0.395 e. The minimum atomic E-state index is -0.565. The van der Waals surface area contributed by atoms with Crippen LogP contribution in [-0.4, -0.2) is 26.2 Å². The van der Waals surface area contributed by atoms with Crippen LogP contribution in [0.1, 0.15) is 5.82 Å². The van der Waals surface area contributed by atoms with Gasteiger partial charge in [-0.1, -0.05) is 0 Å². The number of nitrogens with zero attached hydrogens (tertiary/aromatic N) is 3. The standard InChI is InChI=1S/C6H8BrN3O3/c1-4-8-6(10(12)13)5(7)9(4)2-3-11/h11H,2-3H2,1H3. The van der Waals surface area contributed by atoms with E-state index in [2.05, 4.69) is 20.9 Å². The monoisotopic (exact) mass is 249 g/mol. The summed E-state index contributed by atoms with van der Waals surface area (Å²) in [6.07, 6.45) is 0. The molecule has 0 saturated carbocycles. The molecule has 0 aromatic carbocycles. The Morgan fingerprint density at radius 2 is 2.38 bits per heavy atom. The van der Waals surface area contributed by atoms with Crippen molar-refractivity contribution in [2.45, 2.75) is 13.5 Å². The molecule has 0 amide bonds. The first-order valence-corrected chi connectivity index (χ1v) is 4.35. The van der Waals surface area contributed by atoms with Crippen LogP contribution >= 0.6 is 15.9 Å². The van der Waals surface area contributed by atoms with Gasteiger partial charge in [0.15, 0.2) is 4.60 Å². The summed E-state index contributed by atoms with van der Waals surface area (Å²) in [5, 5.41) is 19.1. The molecule has 0 unspecified atom stereocenters. The van der Waals surface area contributed by atoms with E-state index < -0.39 is 4.92 Å². The van der Waals surface area contributed by atoms with Crippen LogP contribution in [0.2, 0.25) is 0 Å². The third-order valence-corrected chi connectivity index (χ3v) is 2.36. The lowest BCUT2D eigenvalue weighted by Crippen LogP contribution is -2.04. The predicted octanol–water partition coefficient (Wildman–Crippen LogP) is 0.855. The number of aromatic nitrogens is 2. The molecule has 1 rings (SSSR count). The van der Waals surface area contributed by atoms with Crippen molar-refractivity contribution in [1.82, 2.24) is 9.55 Å². The second-order valence-electron chi connectivity index (χ2n) is 2.41. The molecule has 0 atom stereocenters. The molecule has 7 heteroatoms. The maximum absolute atomic E-state index is 10.4. The zero-order valence-corrected chi connectivity index (χ0v) is 8.48. The summed E-state index contributed by atoms with van der Waals surface area (Å²) < 4.78 is 1.84. The van der Waals surface area contributed by atoms with E-state index in [0.29, 0.717) is 17.0 Å². The maximum Gasteiger partial charge on any atom is 0.396 e. The van der Waals surface area contributed by atoms with Crippen molar-refractivity contribution in [3.63, 3.8) is 0 Å². The number of nitro groups is 1. The molecule has 0 fully saturated rings. The number of aliphatic hydroxyl groups is 1. The van der Waals surface area contributed by atoms with Crippen molar-refractivity contribution in [3.05, 3.63) is 20.5 Å². The van der Waals surface area contributed by atoms with Gasteiger partial charge in [-0.25, -0.2) is 0 Å². The normalized spacial score (nSPS) is 10.4. The molecule has 0 aliphatic rings. The predicted molar refractivity (Wildman–Crippen MR) is 48.4 cm³/mol. The molecule has 0 saturated heterocycles. The number of imidazole rings is 1. The Labute approximate surface area is 82.5 Å². The largest absolute Gasteiger partial charge is 0.396 e. The van der Waals surface area contributed by atoms with E-state index in [-0.39, 0.29) is 12.4 Å². The smallest absolute Gasteiger partial charge is 0.395 e. The van der Waals surface area contributed by atoms with Crippen molar-refractivity contribution >= 4 is 21.7 Å². The summed E-state index contributed by atoms with van der Waals surface area (Å²) in [4.78, 5) is 13.6. The third kappa shape index (κ3) is 1.86. The molecule has 0 radical (unpaired) electrons. The van der Waals surface area contributed by atoms with Crippen LogP contribution in [0.15, 0.2) is 4.60 Å². The summed E-state index contributed by atoms with van der Waals surface area (Å²) in [5.41, 5.74) is 0. The topological polar surface area (TPSA) is 81.2 Å². The lowest BCUT2D eigenvalue weighted by molar-refractivity contribution is -0.390. The van der Waals surface area contributed by atoms with E-state index in [1.54, 1.807) is 6.92 Å². The van der Waals surface area contributed by atoms with Crippen molar-refractivity contribution < 1.29 is 10.0 Å². The van der Waals surface area contributed by atoms with Crippen LogP contribution in [0.4, 0.5) is 5.82 Å². The highest BCUT2D eigenvalue weighted by molar-refractivity contribution is 9.10. The van der Waals surface area contributed by atoms with E-state index in [1.807, 2.05) is 0 Å². The molecule has 1 aromatic heterocycles. The molecule has 0 bridgehead atoms. The summed E-state index contributed by atoms with van der Waals surface area (Å²) in [5.74, 6) is 0.290. The Bertz CT molecular complexity index is 336. The van der Waals surface area contributed by atoms with Crippen molar-refractivity contribution in [3.8, 4) is 0 Å². The van der Waals surface area contributed by atoms with Crippen LogP contribution in [0.3, 0.4) is 0 Å². The van der Waals surface area contributed by atoms with Gasteiger partial charge in [0.2, 0.25) is 5.82 Å². The zero-order chi connectivity index (χ0) is 10.0. The molecule has 0 spiro atoms. The third-order valence-electron chi connectivity index (χ3n) is 1.58. The fourth-order valence-electron chi connectivity index (χ4n) is 0.999. The van der Waals surface area contributed by atoms with Gasteiger partial charge in [-0.05, 0) is 25.8 Å². The van der Waals surface area contributed by atoms with Crippen molar-refractivity contribution in [2.24, 2.45) is 0 Å². The first-order chi connectivity index (χ1) is 6.07. The van der Waals surface area contributed by atoms with Crippen LogP contribution < -0.4 is 0 Å². The van der Waals surface area contributed by atoms with Gasteiger partial charge in [-0.3, -0.25) is 4.57 Å². The Balaban J connectivity index is 3.14. The number of hydrogen-bond donors (Lipinski definition) is 1. The first-order valence-electron chi connectivity index (χ1n) is 3.55. The van der Waals surface area contributed by atoms with Gasteiger partial charge in [-0.15, -0.1) is 0 Å². The lowest BCUT2D eigenvalue weighted by atomic mass is 10.6. The fraction of sp³-hybridized carbons (Fsp3) is 0.500. The van der Waals surface area contributed by atoms with E-state index in [9.17, 15) is 10.1 Å². The fourth-order valence-corrected chi connectivity index (χ4v) is 1.67. The number of hydrogen-bond acceptors (Lipinski definition) is 4. The maximum atomic E-state index is 10.4. The van der Waals surface area contributed by atoms with Gasteiger partial charge >= 0.3 is 5.82 Å². The van der Waals surface area contributed by atoms with E-state index in [0.717, 1.165) is 0 Å². The van der Waals surface area contributed by atoms with Crippen LogP contribution in [0.5, 0.6) is 0 Å². The van der Waals surface area contributed by atoms with Crippen LogP contribution in [0.25, 0.3) is 0 Å². The average molecular weight is 250 g/mol. The highest BCUT2D eigenvalue weighted by Gasteiger charge is 2.22. The Morgan fingerprint density at radius 3 is 2.77 bits per heavy atom. The molecule has 13 heavy (non-hydrogen) atoms. The molecule has 1 N–H and O–H groups in total. The highest BCUT2D eigenvalue weighted by atomic mass is 79.9. The van der Waals surface area contributed by atoms with Crippen molar-refractivity contribution in [1.29, 1.82) is 0 Å². The van der Waals surface area contributed by atoms with Gasteiger partial charge in [0.05, 0.1) is 13.2 Å². The summed E-state index contributed by atoms with van der Waals surface area (Å²) in [6, 6.07) is 0. The molecule has 1 aromatic rings. The molecule has 6 nitrogen and oxygen atoms in total. The first kappa shape index (κ1) is 10.1. The van der Waals surface area contributed by atoms with Crippen LogP contribution in [-0.2, 0) is 6.54 Å². The zero-order valence-electron chi connectivity index (χ0n) is 6.90. The lowest BCUT2D eigenvalue weighted by Gasteiger charge is -1.99. The quantitative estimate of drug-likeness (QED) is 0.637. The van der Waals surface area contributed by atoms with Gasteiger partial charge in [0.25, 0.3) is 0 Å². The molecule has 0 aliphatic carbocycles. The molecule has 0 aliphatic heterocycles. The second kappa shape index (κ2) is 3.84. The van der Waals surface area contributed by atoms with E-state index in [1.165, 1.54) is 4.57 Å².